The molecule has 0 unspecified atom stereocenters. The Bertz CT molecular complexity index is 1830. The maximum absolute atomic E-state index is 13.9. The zero-order chi connectivity index (χ0) is 29.8. The fourth-order valence-corrected chi connectivity index (χ4v) is 6.07. The van der Waals surface area contributed by atoms with Gasteiger partial charge in [0, 0.05) is 0 Å². The Morgan fingerprint density at radius 2 is 1.83 bits per heavy atom. The number of ether oxygens (including phenoxy) is 3. The van der Waals surface area contributed by atoms with E-state index in [9.17, 15) is 14.0 Å². The number of rotatable bonds is 9. The molecule has 0 N–H and O–H groups in total. The van der Waals surface area contributed by atoms with E-state index in [1.807, 2.05) is 44.2 Å². The van der Waals surface area contributed by atoms with E-state index in [2.05, 4.69) is 0 Å². The number of carbonyl (C=O) groups excluding carboxylic acids is 1. The molecule has 1 atom stereocenters. The van der Waals surface area contributed by atoms with Crippen LogP contribution in [0.2, 0.25) is 5.02 Å². The predicted molar refractivity (Wildman–Crippen MR) is 160 cm³/mol. The number of allylic oxidation sites excluding steroid dienone is 1. The van der Waals surface area contributed by atoms with Gasteiger partial charge in [0.05, 0.1) is 40.6 Å². The zero-order valence-electron chi connectivity index (χ0n) is 23.2. The number of fused-ring (bicyclic) bond motifs is 1. The summed E-state index contributed by atoms with van der Waals surface area (Å²) in [6.45, 7) is 4.28. The lowest BCUT2D eigenvalue weighted by Crippen LogP contribution is -2.40. The van der Waals surface area contributed by atoms with Crippen molar-refractivity contribution >= 4 is 35.0 Å². The van der Waals surface area contributed by atoms with Crippen LogP contribution in [0.1, 0.15) is 43.0 Å². The average Bonchev–Trinajstić information content (AvgIpc) is 3.30. The third kappa shape index (κ3) is 5.89. The first kappa shape index (κ1) is 29.3. The lowest BCUT2D eigenvalue weighted by atomic mass is 9.95. The van der Waals surface area contributed by atoms with E-state index in [4.69, 9.17) is 30.8 Å². The summed E-state index contributed by atoms with van der Waals surface area (Å²) in [4.78, 5) is 32.0. The number of hydrogen-bond donors (Lipinski definition) is 0. The molecule has 1 aliphatic heterocycles. The van der Waals surface area contributed by atoms with Gasteiger partial charge in [-0.15, -0.1) is 0 Å². The summed E-state index contributed by atoms with van der Waals surface area (Å²) in [5.41, 5.74) is 2.79. The number of esters is 1. The van der Waals surface area contributed by atoms with E-state index >= 15 is 0 Å². The van der Waals surface area contributed by atoms with Crippen molar-refractivity contribution in [3.05, 3.63) is 125 Å². The highest BCUT2D eigenvalue weighted by atomic mass is 35.5. The third-order valence-electron chi connectivity index (χ3n) is 6.69. The summed E-state index contributed by atoms with van der Waals surface area (Å²) in [6.07, 6.45) is 2.21. The summed E-state index contributed by atoms with van der Waals surface area (Å²) < 4.78 is 32.1. The summed E-state index contributed by atoms with van der Waals surface area (Å²) in [5.74, 6) is -0.0950. The highest BCUT2D eigenvalue weighted by molar-refractivity contribution is 7.07. The number of methoxy groups -OCH3 is 1. The molecular weight excluding hydrogens is 579 g/mol. The topological polar surface area (TPSA) is 79.1 Å². The summed E-state index contributed by atoms with van der Waals surface area (Å²) >= 11 is 7.87. The van der Waals surface area contributed by atoms with E-state index in [-0.39, 0.29) is 18.0 Å². The molecule has 0 fully saturated rings. The molecule has 3 aromatic carbocycles. The molecule has 0 radical (unpaired) electrons. The quantitative estimate of drug-likeness (QED) is 0.233. The minimum atomic E-state index is -0.684. The Balaban J connectivity index is 1.59. The van der Waals surface area contributed by atoms with Gasteiger partial charge < -0.3 is 14.2 Å². The van der Waals surface area contributed by atoms with E-state index < -0.39 is 12.0 Å². The third-order valence-corrected chi connectivity index (χ3v) is 7.96. The van der Waals surface area contributed by atoms with Gasteiger partial charge >= 0.3 is 5.97 Å². The molecule has 1 aromatic heterocycles. The van der Waals surface area contributed by atoms with Gasteiger partial charge in [0.1, 0.15) is 12.4 Å². The fourth-order valence-electron chi connectivity index (χ4n) is 4.78. The van der Waals surface area contributed by atoms with Crippen molar-refractivity contribution in [2.24, 2.45) is 4.99 Å². The molecule has 4 aromatic rings. The minimum absolute atomic E-state index is 0.166. The van der Waals surface area contributed by atoms with Gasteiger partial charge in [0.2, 0.25) is 0 Å². The van der Waals surface area contributed by atoms with Crippen molar-refractivity contribution in [1.82, 2.24) is 4.57 Å². The molecule has 0 amide bonds. The van der Waals surface area contributed by atoms with Gasteiger partial charge in [-0.1, -0.05) is 72.3 Å². The molecule has 0 saturated carbocycles. The number of carbonyl (C=O) groups is 1. The maximum Gasteiger partial charge on any atom is 0.338 e. The van der Waals surface area contributed by atoms with Gasteiger partial charge in [-0.2, -0.15) is 0 Å². The van der Waals surface area contributed by atoms with E-state index in [0.29, 0.717) is 55.7 Å². The van der Waals surface area contributed by atoms with Crippen LogP contribution < -0.4 is 24.4 Å². The molecule has 0 spiro atoms. The van der Waals surface area contributed by atoms with Crippen molar-refractivity contribution in [3.63, 3.8) is 0 Å². The Morgan fingerprint density at radius 1 is 1.10 bits per heavy atom. The highest BCUT2D eigenvalue weighted by Crippen LogP contribution is 2.37. The smallest absolute Gasteiger partial charge is 0.338 e. The molecule has 42 heavy (non-hydrogen) atoms. The number of nitrogens with zero attached hydrogens (tertiary/aromatic N) is 2. The van der Waals surface area contributed by atoms with Gasteiger partial charge in [-0.3, -0.25) is 9.36 Å². The van der Waals surface area contributed by atoms with Crippen LogP contribution in [0.25, 0.3) is 6.08 Å². The van der Waals surface area contributed by atoms with Crippen molar-refractivity contribution in [3.8, 4) is 11.5 Å². The Kier molecular flexibility index (Phi) is 8.89. The summed E-state index contributed by atoms with van der Waals surface area (Å²) in [6, 6.07) is 18.1. The molecule has 1 aliphatic rings. The number of thiazole rings is 1. The SMILES string of the molecule is CCOc1cc(/C=c2\sc3n(c2=O)[C@H](c2ccccc2)C(C(=O)OC)=C(CC)N=3)cc(Cl)c1OCc1ccc(F)cc1. The first-order valence-electron chi connectivity index (χ1n) is 13.4. The van der Waals surface area contributed by atoms with Crippen molar-refractivity contribution < 1.29 is 23.4 Å². The summed E-state index contributed by atoms with van der Waals surface area (Å²) in [5, 5.41) is 0.297. The van der Waals surface area contributed by atoms with Crippen LogP contribution in [0, 0.1) is 5.82 Å². The monoisotopic (exact) mass is 606 g/mol. The van der Waals surface area contributed by atoms with E-state index in [1.165, 1.54) is 30.6 Å². The molecule has 0 saturated heterocycles. The van der Waals surface area contributed by atoms with Gasteiger partial charge in [-0.25, -0.2) is 14.2 Å². The second kappa shape index (κ2) is 12.8. The first-order valence-corrected chi connectivity index (χ1v) is 14.6. The number of halogens is 2. The average molecular weight is 607 g/mol. The van der Waals surface area contributed by atoms with Crippen LogP contribution in [0.4, 0.5) is 4.39 Å². The largest absolute Gasteiger partial charge is 0.490 e. The molecular formula is C32H28ClFN2O5S. The second-order valence-corrected chi connectivity index (χ2v) is 10.8. The second-order valence-electron chi connectivity index (χ2n) is 9.38. The maximum atomic E-state index is 13.9. The minimum Gasteiger partial charge on any atom is -0.490 e. The normalized spacial score (nSPS) is 14.8. The Morgan fingerprint density at radius 3 is 2.50 bits per heavy atom. The molecule has 7 nitrogen and oxygen atoms in total. The molecule has 216 valence electrons. The van der Waals surface area contributed by atoms with Gasteiger partial charge in [0.15, 0.2) is 16.3 Å². The van der Waals surface area contributed by atoms with Gasteiger partial charge in [-0.05, 0) is 60.4 Å². The fraction of sp³-hybridized carbons (Fsp3) is 0.219. The molecule has 10 heteroatoms. The standard InChI is InChI=1S/C32H28ClFN2O5S/c1-4-24-27(31(38)39-3)28(21-9-7-6-8-10-21)36-30(37)26(42-32(36)35-24)17-20-15-23(33)29(25(16-20)40-5-2)41-18-19-11-13-22(34)14-12-19/h6-17,28H,4-5,18H2,1-3H3/b26-17-/t28-/m1/s1. The van der Waals surface area contributed by atoms with Gasteiger partial charge in [0.25, 0.3) is 5.56 Å². The molecule has 5 rings (SSSR count). The Hall–Kier alpha value is -4.21. The summed E-state index contributed by atoms with van der Waals surface area (Å²) in [7, 11) is 1.32. The lowest BCUT2D eigenvalue weighted by molar-refractivity contribution is -0.136. The highest BCUT2D eigenvalue weighted by Gasteiger charge is 2.33. The van der Waals surface area contributed by atoms with E-state index in [0.717, 1.165) is 11.1 Å². The number of aromatic nitrogens is 1. The van der Waals surface area contributed by atoms with Crippen molar-refractivity contribution in [1.29, 1.82) is 0 Å². The Labute approximate surface area is 250 Å². The predicted octanol–water partition coefficient (Wildman–Crippen LogP) is 5.57. The molecule has 2 heterocycles. The number of hydrogen-bond acceptors (Lipinski definition) is 7. The first-order chi connectivity index (χ1) is 20.3. The van der Waals surface area contributed by atoms with E-state index in [1.54, 1.807) is 34.9 Å². The molecule has 0 aliphatic carbocycles. The van der Waals surface area contributed by atoms with Crippen molar-refractivity contribution in [2.45, 2.75) is 32.9 Å². The van der Waals surface area contributed by atoms with Crippen LogP contribution in [0.3, 0.4) is 0 Å². The van der Waals surface area contributed by atoms with Crippen LogP contribution >= 0.6 is 22.9 Å². The van der Waals surface area contributed by atoms with Crippen LogP contribution in [-0.4, -0.2) is 24.3 Å². The van der Waals surface area contributed by atoms with Crippen LogP contribution in [-0.2, 0) is 16.1 Å². The number of benzene rings is 3. The van der Waals surface area contributed by atoms with Crippen LogP contribution in [0.15, 0.2) is 87.8 Å². The lowest BCUT2D eigenvalue weighted by Gasteiger charge is -2.25. The zero-order valence-corrected chi connectivity index (χ0v) is 24.8. The van der Waals surface area contributed by atoms with Crippen LogP contribution in [0.5, 0.6) is 11.5 Å². The molecule has 0 bridgehead atoms. The van der Waals surface area contributed by atoms with Crippen molar-refractivity contribution in [2.75, 3.05) is 13.7 Å².